The third-order valence-electron chi connectivity index (χ3n) is 4.07. The Labute approximate surface area is 162 Å². The molecular weight excluding hydrogens is 383 g/mol. The van der Waals surface area contributed by atoms with E-state index in [4.69, 9.17) is 44.9 Å². The van der Waals surface area contributed by atoms with Gasteiger partial charge >= 0.3 is 5.97 Å². The molecule has 1 aromatic rings. The van der Waals surface area contributed by atoms with Crippen LogP contribution in [0.3, 0.4) is 0 Å². The molecule has 0 radical (unpaired) electrons. The average molecular weight is 403 g/mol. The summed E-state index contributed by atoms with van der Waals surface area (Å²) < 4.78 is 10.2. The number of benzene rings is 1. The van der Waals surface area contributed by atoms with Crippen molar-refractivity contribution >= 4 is 46.5 Å². The van der Waals surface area contributed by atoms with Gasteiger partial charge in [0.2, 0.25) is 0 Å². The Hall–Kier alpha value is -1.34. The topological polar surface area (TPSA) is 50.8 Å². The van der Waals surface area contributed by atoms with E-state index < -0.39 is 12.0 Å². The molecule has 2 rings (SSSR count). The van der Waals surface area contributed by atoms with E-state index in [0.29, 0.717) is 38.6 Å². The van der Waals surface area contributed by atoms with Crippen molar-refractivity contribution in [1.82, 2.24) is 10.2 Å². The lowest BCUT2D eigenvalue weighted by Gasteiger charge is -2.40. The predicted molar refractivity (Wildman–Crippen MR) is 103 cm³/mol. The van der Waals surface area contributed by atoms with Crippen molar-refractivity contribution in [3.63, 3.8) is 0 Å². The first-order chi connectivity index (χ1) is 11.8. The second-order valence-corrected chi connectivity index (χ2v) is 6.88. The SMILES string of the molecule is COC[C@H](C)N1C(=S)N[C@H](c2c(Cl)cccc2Cl)C(C(=O)OC)=C1C. The van der Waals surface area contributed by atoms with Gasteiger partial charge in [0.15, 0.2) is 5.11 Å². The number of ether oxygens (including phenoxy) is 2. The van der Waals surface area contributed by atoms with Crippen LogP contribution in [-0.4, -0.2) is 42.8 Å². The van der Waals surface area contributed by atoms with Crippen molar-refractivity contribution < 1.29 is 14.3 Å². The van der Waals surface area contributed by atoms with Gasteiger partial charge in [0.25, 0.3) is 0 Å². The molecule has 1 aliphatic rings. The number of hydrogen-bond acceptors (Lipinski definition) is 4. The van der Waals surface area contributed by atoms with Crippen molar-refractivity contribution in [2.45, 2.75) is 25.9 Å². The number of hydrogen-bond donors (Lipinski definition) is 1. The molecule has 1 heterocycles. The number of carbonyl (C=O) groups is 1. The minimum Gasteiger partial charge on any atom is -0.466 e. The third-order valence-corrected chi connectivity index (χ3v) is 5.04. The summed E-state index contributed by atoms with van der Waals surface area (Å²) in [6, 6.07) is 4.53. The lowest BCUT2D eigenvalue weighted by Crippen LogP contribution is -2.52. The molecule has 2 atom stereocenters. The van der Waals surface area contributed by atoms with Gasteiger partial charge in [-0.1, -0.05) is 29.3 Å². The normalized spacial score (nSPS) is 18.9. The molecule has 1 N–H and O–H groups in total. The zero-order valence-electron chi connectivity index (χ0n) is 14.4. The first-order valence-corrected chi connectivity index (χ1v) is 8.81. The standard InChI is InChI=1S/C17H20Cl2N2O3S/c1-9(8-23-3)21-10(2)13(16(22)24-4)15(20-17(21)25)14-11(18)6-5-7-12(14)19/h5-7,9,15H,8H2,1-4H3,(H,20,25)/t9-,15-/m0/s1. The monoisotopic (exact) mass is 402 g/mol. The maximum absolute atomic E-state index is 12.5. The van der Waals surface area contributed by atoms with Gasteiger partial charge in [-0.3, -0.25) is 0 Å². The molecule has 0 fully saturated rings. The Morgan fingerprint density at radius 3 is 2.48 bits per heavy atom. The molecule has 0 aromatic heterocycles. The van der Waals surface area contributed by atoms with Gasteiger partial charge in [0.1, 0.15) is 0 Å². The van der Waals surface area contributed by atoms with Crippen LogP contribution in [0.15, 0.2) is 29.5 Å². The second kappa shape index (κ2) is 8.36. The maximum atomic E-state index is 12.5. The number of nitrogens with one attached hydrogen (secondary N) is 1. The molecule has 1 aliphatic heterocycles. The third kappa shape index (κ3) is 3.92. The van der Waals surface area contributed by atoms with E-state index in [9.17, 15) is 4.79 Å². The fraction of sp³-hybridized carbons (Fsp3) is 0.412. The minimum absolute atomic E-state index is 0.0627. The van der Waals surface area contributed by atoms with Crippen molar-refractivity contribution in [3.8, 4) is 0 Å². The van der Waals surface area contributed by atoms with Gasteiger partial charge in [-0.15, -0.1) is 0 Å². The minimum atomic E-state index is -0.591. The van der Waals surface area contributed by atoms with E-state index in [0.717, 1.165) is 0 Å². The number of nitrogens with zero attached hydrogens (tertiary/aromatic N) is 1. The maximum Gasteiger partial charge on any atom is 0.337 e. The summed E-state index contributed by atoms with van der Waals surface area (Å²) in [6.07, 6.45) is 0. The summed E-state index contributed by atoms with van der Waals surface area (Å²) in [7, 11) is 2.95. The predicted octanol–water partition coefficient (Wildman–Crippen LogP) is 3.71. The van der Waals surface area contributed by atoms with Crippen LogP contribution in [0.25, 0.3) is 0 Å². The first kappa shape index (κ1) is 20.0. The molecule has 0 saturated heterocycles. The summed E-state index contributed by atoms with van der Waals surface area (Å²) >= 11 is 18.2. The summed E-state index contributed by atoms with van der Waals surface area (Å²) in [5.74, 6) is -0.469. The average Bonchev–Trinajstić information content (AvgIpc) is 2.54. The first-order valence-electron chi connectivity index (χ1n) is 7.65. The highest BCUT2D eigenvalue weighted by molar-refractivity contribution is 7.80. The van der Waals surface area contributed by atoms with Crippen LogP contribution >= 0.6 is 35.4 Å². The molecule has 0 unspecified atom stereocenters. The highest BCUT2D eigenvalue weighted by Gasteiger charge is 2.37. The lowest BCUT2D eigenvalue weighted by atomic mass is 9.94. The van der Waals surface area contributed by atoms with Gasteiger partial charge in [-0.05, 0) is 38.2 Å². The van der Waals surface area contributed by atoms with Crippen LogP contribution in [0.5, 0.6) is 0 Å². The van der Waals surface area contributed by atoms with Crippen molar-refractivity contribution in [2.75, 3.05) is 20.8 Å². The summed E-state index contributed by atoms with van der Waals surface area (Å²) in [5.41, 5.74) is 1.68. The molecule has 0 spiro atoms. The van der Waals surface area contributed by atoms with Gasteiger partial charge in [0, 0.05) is 28.4 Å². The van der Waals surface area contributed by atoms with Gasteiger partial charge < -0.3 is 19.7 Å². The Morgan fingerprint density at radius 1 is 1.36 bits per heavy atom. The van der Waals surface area contributed by atoms with Gasteiger partial charge in [-0.25, -0.2) is 4.79 Å². The molecule has 5 nitrogen and oxygen atoms in total. The van der Waals surface area contributed by atoms with E-state index >= 15 is 0 Å². The van der Waals surface area contributed by atoms with Crippen LogP contribution in [0.2, 0.25) is 10.0 Å². The van der Waals surface area contributed by atoms with Gasteiger partial charge in [-0.2, -0.15) is 0 Å². The molecule has 1 aromatic carbocycles. The Morgan fingerprint density at radius 2 is 1.96 bits per heavy atom. The zero-order valence-corrected chi connectivity index (χ0v) is 16.8. The van der Waals surface area contributed by atoms with Crippen LogP contribution in [0.4, 0.5) is 0 Å². The molecular formula is C17H20Cl2N2O3S. The molecule has 0 bridgehead atoms. The van der Waals surface area contributed by atoms with E-state index in [1.54, 1.807) is 25.3 Å². The second-order valence-electron chi connectivity index (χ2n) is 5.68. The largest absolute Gasteiger partial charge is 0.466 e. The van der Waals surface area contributed by atoms with Crippen molar-refractivity contribution in [3.05, 3.63) is 45.1 Å². The Balaban J connectivity index is 2.62. The number of esters is 1. The van der Waals surface area contributed by atoms with Crippen molar-refractivity contribution in [1.29, 1.82) is 0 Å². The van der Waals surface area contributed by atoms with Crippen LogP contribution in [0, 0.1) is 0 Å². The number of thiocarbonyl (C=S) groups is 1. The van der Waals surface area contributed by atoms with E-state index in [-0.39, 0.29) is 6.04 Å². The number of halogens is 2. The van der Waals surface area contributed by atoms with E-state index in [1.807, 2.05) is 18.7 Å². The van der Waals surface area contributed by atoms with Gasteiger partial charge in [0.05, 0.1) is 31.4 Å². The molecule has 0 amide bonds. The number of allylic oxidation sites excluding steroid dienone is 1. The molecule has 0 saturated carbocycles. The lowest BCUT2D eigenvalue weighted by molar-refractivity contribution is -0.136. The summed E-state index contributed by atoms with van der Waals surface area (Å²) in [4.78, 5) is 14.3. The molecule has 136 valence electrons. The number of carbonyl (C=O) groups excluding carboxylic acids is 1. The smallest absolute Gasteiger partial charge is 0.337 e. The molecule has 0 aliphatic carbocycles. The fourth-order valence-corrected chi connectivity index (χ4v) is 4.03. The Kier molecular flexibility index (Phi) is 6.68. The number of rotatable bonds is 5. The van der Waals surface area contributed by atoms with Crippen LogP contribution in [0.1, 0.15) is 25.5 Å². The fourth-order valence-electron chi connectivity index (χ4n) is 2.98. The van der Waals surface area contributed by atoms with Crippen LogP contribution in [-0.2, 0) is 14.3 Å². The molecule has 25 heavy (non-hydrogen) atoms. The molecule has 8 heteroatoms. The van der Waals surface area contributed by atoms with Crippen LogP contribution < -0.4 is 5.32 Å². The van der Waals surface area contributed by atoms with E-state index in [1.165, 1.54) is 7.11 Å². The van der Waals surface area contributed by atoms with E-state index in [2.05, 4.69) is 5.32 Å². The quantitative estimate of drug-likeness (QED) is 0.598. The van der Waals surface area contributed by atoms with Crippen molar-refractivity contribution in [2.24, 2.45) is 0 Å². The zero-order chi connectivity index (χ0) is 18.7. The highest BCUT2D eigenvalue weighted by Crippen LogP contribution is 2.38. The Bertz CT molecular complexity index is 704. The number of methoxy groups -OCH3 is 2. The summed E-state index contributed by atoms with van der Waals surface area (Å²) in [5, 5.41) is 4.53. The summed E-state index contributed by atoms with van der Waals surface area (Å²) in [6.45, 7) is 4.23. The highest BCUT2D eigenvalue weighted by atomic mass is 35.5.